The quantitative estimate of drug-likeness (QED) is 0.161. The topological polar surface area (TPSA) is 19.7 Å². The van der Waals surface area contributed by atoms with Crippen LogP contribution in [0.4, 0.5) is 0 Å². The second kappa shape index (κ2) is 15.0. The van der Waals surface area contributed by atoms with Gasteiger partial charge in [-0.25, -0.2) is 0 Å². The molecule has 4 aliphatic heterocycles. The van der Waals surface area contributed by atoms with Crippen LogP contribution in [0.1, 0.15) is 0 Å². The molecule has 9 heterocycles. The maximum absolute atomic E-state index is 2.62. The predicted molar refractivity (Wildman–Crippen MR) is 347 cm³/mol. The zero-order valence-corrected chi connectivity index (χ0v) is 45.6. The summed E-state index contributed by atoms with van der Waals surface area (Å²) in [6.07, 6.45) is 0. The van der Waals surface area contributed by atoms with E-state index in [4.69, 9.17) is 0 Å². The molecule has 0 radical (unpaired) electrons. The SMILES string of the molecule is c1ccc2c(c1)c1ccccc1n2-c1cc2c3c(c1)-n1c4ccccc4c4cccc(c41)B3c1cc3c(cc1S2)sc1cc2c(cc13)B1c3c(cc(-n4c5ccccc5c5ccccc54)cc3-n3c4ccccc4c4cccc1c43)S2. The van der Waals surface area contributed by atoms with Crippen molar-refractivity contribution in [2.45, 2.75) is 19.6 Å². The van der Waals surface area contributed by atoms with E-state index in [0.29, 0.717) is 0 Å². The van der Waals surface area contributed by atoms with Crippen LogP contribution in [0.5, 0.6) is 0 Å². The third-order valence-electron chi connectivity index (χ3n) is 18.8. The fourth-order valence-corrected chi connectivity index (χ4v) is 19.5. The largest absolute Gasteiger partial charge is 0.310 e. The normalized spacial score (nSPS) is 13.8. The van der Waals surface area contributed by atoms with Gasteiger partial charge in [0, 0.05) is 106 Å². The van der Waals surface area contributed by atoms with Gasteiger partial charge >= 0.3 is 0 Å². The number of hydrogen-bond acceptors (Lipinski definition) is 3. The Morgan fingerprint density at radius 3 is 0.975 bits per heavy atom. The molecule has 0 atom stereocenters. The lowest BCUT2D eigenvalue weighted by Gasteiger charge is -2.34. The molecule has 5 aromatic heterocycles. The molecule has 0 saturated heterocycles. The summed E-state index contributed by atoms with van der Waals surface area (Å²) in [7, 11) is 0. The number of nitrogens with zero attached hydrogens (tertiary/aromatic N) is 4. The standard InChI is InChI=1S/C72H38B2N4S3/c1-7-25-55-41(15-1)42-16-2-8-26-56(42)75(55)39-31-61-69-67(33-39)80-65-37-63-49(35-53(65)73(69)51-23-13-21-47-45-19-5-11-29-59(45)77(61)71(47)51)50-36-54-66(38-64(50)79-63)81-68-34-40(76-57-27-9-3-17-43(57)44-18-4-10-28-58(44)76)32-62-70(68)74(54)52-24-14-22-48-46-20-6-12-30-60(46)78(62)72(48)52/h1-38H. The van der Waals surface area contributed by atoms with Crippen molar-refractivity contribution in [2.75, 3.05) is 0 Å². The third-order valence-corrected chi connectivity index (χ3v) is 22.2. The van der Waals surface area contributed by atoms with Crippen molar-refractivity contribution in [1.82, 2.24) is 18.3 Å². The van der Waals surface area contributed by atoms with E-state index in [2.05, 4.69) is 249 Å². The Balaban J connectivity index is 0.809. The van der Waals surface area contributed by atoms with E-state index in [9.17, 15) is 0 Å². The Morgan fingerprint density at radius 1 is 0.259 bits per heavy atom. The molecule has 370 valence electrons. The van der Waals surface area contributed by atoms with Crippen LogP contribution >= 0.6 is 34.9 Å². The highest BCUT2D eigenvalue weighted by atomic mass is 32.2. The van der Waals surface area contributed by atoms with E-state index in [1.807, 2.05) is 34.9 Å². The van der Waals surface area contributed by atoms with E-state index in [1.54, 1.807) is 0 Å². The average Bonchev–Trinajstić information content (AvgIpc) is 2.24. The number of benzene rings is 12. The first kappa shape index (κ1) is 42.8. The fraction of sp³-hybridized carbons (Fsp3) is 0. The van der Waals surface area contributed by atoms with Gasteiger partial charge in [-0.05, 0) is 105 Å². The molecule has 17 aromatic rings. The van der Waals surface area contributed by atoms with Crippen LogP contribution in [-0.4, -0.2) is 31.7 Å². The van der Waals surface area contributed by atoms with Crippen LogP contribution < -0.4 is 32.8 Å². The lowest BCUT2D eigenvalue weighted by atomic mass is 9.35. The van der Waals surface area contributed by atoms with Crippen LogP contribution in [0, 0.1) is 0 Å². The van der Waals surface area contributed by atoms with Crippen molar-refractivity contribution < 1.29 is 0 Å². The van der Waals surface area contributed by atoms with Gasteiger partial charge in [-0.3, -0.25) is 0 Å². The van der Waals surface area contributed by atoms with Crippen molar-refractivity contribution in [2.24, 2.45) is 0 Å². The summed E-state index contributed by atoms with van der Waals surface area (Å²) >= 11 is 5.89. The zero-order chi connectivity index (χ0) is 52.1. The van der Waals surface area contributed by atoms with Gasteiger partial charge in [0.1, 0.15) is 0 Å². The van der Waals surface area contributed by atoms with E-state index in [1.165, 1.54) is 183 Å². The van der Waals surface area contributed by atoms with Gasteiger partial charge in [0.2, 0.25) is 13.4 Å². The first-order valence-electron chi connectivity index (χ1n) is 28.0. The van der Waals surface area contributed by atoms with Crippen molar-refractivity contribution in [3.8, 4) is 22.7 Å². The summed E-state index contributed by atoms with van der Waals surface area (Å²) < 4.78 is 12.9. The lowest BCUT2D eigenvalue weighted by molar-refractivity contribution is 1.12. The molecule has 0 spiro atoms. The van der Waals surface area contributed by atoms with Crippen LogP contribution in [0.2, 0.25) is 0 Å². The molecular weight excluding hydrogens is 1040 g/mol. The molecule has 12 aromatic carbocycles. The van der Waals surface area contributed by atoms with Crippen LogP contribution in [0.3, 0.4) is 0 Å². The van der Waals surface area contributed by atoms with Crippen molar-refractivity contribution >= 4 is 188 Å². The maximum atomic E-state index is 2.62. The number of fused-ring (bicyclic) bond motifs is 23. The summed E-state index contributed by atoms with van der Waals surface area (Å²) in [4.78, 5) is 5.35. The van der Waals surface area contributed by atoms with Gasteiger partial charge in [0.05, 0.1) is 33.1 Å². The number of rotatable bonds is 2. The monoisotopic (exact) mass is 1080 g/mol. The Kier molecular flexibility index (Phi) is 7.93. The van der Waals surface area contributed by atoms with E-state index in [-0.39, 0.29) is 13.4 Å². The first-order valence-corrected chi connectivity index (χ1v) is 30.4. The Bertz CT molecular complexity index is 5370. The summed E-state index contributed by atoms with van der Waals surface area (Å²) in [6, 6.07) is 88.2. The third kappa shape index (κ3) is 5.26. The molecule has 4 nitrogen and oxygen atoms in total. The molecule has 21 rings (SSSR count). The minimum Gasteiger partial charge on any atom is -0.310 e. The first-order chi connectivity index (χ1) is 40.2. The van der Waals surface area contributed by atoms with Gasteiger partial charge in [-0.2, -0.15) is 0 Å². The van der Waals surface area contributed by atoms with Crippen molar-refractivity contribution in [3.63, 3.8) is 0 Å². The number of thiophene rings is 1. The fourth-order valence-electron chi connectivity index (χ4n) is 15.7. The molecule has 0 bridgehead atoms. The maximum Gasteiger partial charge on any atom is 0.249 e. The number of hydrogen-bond donors (Lipinski definition) is 0. The smallest absolute Gasteiger partial charge is 0.249 e. The predicted octanol–water partition coefficient (Wildman–Crippen LogP) is 15.0. The summed E-state index contributed by atoms with van der Waals surface area (Å²) in [5.74, 6) is 0. The van der Waals surface area contributed by atoms with Crippen molar-refractivity contribution in [3.05, 3.63) is 231 Å². The van der Waals surface area contributed by atoms with E-state index < -0.39 is 0 Å². The Labute approximate surface area is 476 Å². The highest BCUT2D eigenvalue weighted by Crippen LogP contribution is 2.47. The molecule has 9 heteroatoms. The molecule has 0 aliphatic carbocycles. The number of aromatic nitrogens is 4. The Hall–Kier alpha value is -9.11. The Morgan fingerprint density at radius 2 is 0.593 bits per heavy atom. The zero-order valence-electron chi connectivity index (χ0n) is 43.1. The van der Waals surface area contributed by atoms with Crippen LogP contribution in [0.15, 0.2) is 250 Å². The highest BCUT2D eigenvalue weighted by Gasteiger charge is 2.43. The molecule has 0 fully saturated rings. The molecular formula is C72H38B2N4S3. The molecule has 81 heavy (non-hydrogen) atoms. The molecule has 0 N–H and O–H groups in total. The summed E-state index contributed by atoms with van der Waals surface area (Å²) in [5, 5.41) is 13.0. The number of para-hydroxylation sites is 8. The molecule has 4 aliphatic rings. The van der Waals surface area contributed by atoms with E-state index >= 15 is 0 Å². The lowest BCUT2D eigenvalue weighted by Crippen LogP contribution is -2.58. The minimum absolute atomic E-state index is 0.0579. The van der Waals surface area contributed by atoms with Gasteiger partial charge < -0.3 is 18.3 Å². The molecule has 0 saturated carbocycles. The average molecular weight is 1080 g/mol. The summed E-state index contributed by atoms with van der Waals surface area (Å²) in [5.41, 5.74) is 23.4. The van der Waals surface area contributed by atoms with Crippen molar-refractivity contribution in [1.29, 1.82) is 0 Å². The van der Waals surface area contributed by atoms with Gasteiger partial charge in [-0.15, -0.1) is 11.3 Å². The molecule has 0 amide bonds. The molecule has 0 unspecified atom stereocenters. The second-order valence-corrected chi connectivity index (χ2v) is 25.9. The van der Waals surface area contributed by atoms with Gasteiger partial charge in [0.25, 0.3) is 0 Å². The summed E-state index contributed by atoms with van der Waals surface area (Å²) in [6.45, 7) is 0.116. The second-order valence-electron chi connectivity index (χ2n) is 22.6. The van der Waals surface area contributed by atoms with Gasteiger partial charge in [0.15, 0.2) is 0 Å². The van der Waals surface area contributed by atoms with E-state index in [0.717, 1.165) is 0 Å². The highest BCUT2D eigenvalue weighted by molar-refractivity contribution is 8.00. The van der Waals surface area contributed by atoms with Crippen LogP contribution in [0.25, 0.3) is 130 Å². The van der Waals surface area contributed by atoms with Crippen LogP contribution in [-0.2, 0) is 0 Å². The van der Waals surface area contributed by atoms with Gasteiger partial charge in [-0.1, -0.05) is 192 Å². The minimum atomic E-state index is 0.0579.